The van der Waals surface area contributed by atoms with E-state index in [1.54, 1.807) is 24.0 Å². The number of hydrogen-bond acceptors (Lipinski definition) is 14. The Morgan fingerprint density at radius 3 is 2.89 bits per heavy atom. The summed E-state index contributed by atoms with van der Waals surface area (Å²) in [5.41, 5.74) is 11.7. The van der Waals surface area contributed by atoms with Crippen molar-refractivity contribution < 1.29 is 19.5 Å². The number of β-lactam (4-membered cyclic amide) rings is 1. The maximum absolute atomic E-state index is 12.9. The monoisotopic (exact) mass is 568 g/mol. The third-order valence-corrected chi connectivity index (χ3v) is 9.27. The zero-order valence-electron chi connectivity index (χ0n) is 18.4. The van der Waals surface area contributed by atoms with Crippen LogP contribution in [0.2, 0.25) is 0 Å². The van der Waals surface area contributed by atoms with Gasteiger partial charge in [0.05, 0.1) is 5.69 Å². The van der Waals surface area contributed by atoms with Gasteiger partial charge in [0.15, 0.2) is 11.0 Å². The van der Waals surface area contributed by atoms with E-state index in [2.05, 4.69) is 24.8 Å². The Balaban J connectivity index is 1.51. The number of thioether (sulfide) groups is 3. The first-order valence-electron chi connectivity index (χ1n) is 10.4. The Bertz CT molecular complexity index is 1220. The second-order valence-corrected chi connectivity index (χ2v) is 11.5. The number of aromatic nitrogens is 3. The van der Waals surface area contributed by atoms with Crippen molar-refractivity contribution in [2.45, 2.75) is 28.1 Å². The molecule has 4 rings (SSSR count). The number of nitrogens with one attached hydrogen (secondary N) is 1. The van der Waals surface area contributed by atoms with Gasteiger partial charge in [-0.2, -0.15) is 16.1 Å². The van der Waals surface area contributed by atoms with E-state index in [-0.39, 0.29) is 16.7 Å². The van der Waals surface area contributed by atoms with E-state index in [0.29, 0.717) is 23.0 Å². The van der Waals surface area contributed by atoms with E-state index in [1.807, 2.05) is 6.07 Å². The third-order valence-electron chi connectivity index (χ3n) is 5.07. The number of nitrogens with zero attached hydrogens (tertiary/aromatic N) is 5. The van der Waals surface area contributed by atoms with Gasteiger partial charge in [-0.3, -0.25) is 19.5 Å². The molecule has 6 N–H and O–H groups in total. The number of hydrogen-bond donors (Lipinski definition) is 4. The highest BCUT2D eigenvalue weighted by atomic mass is 32.2. The number of nitroso groups, excluding NO2 is 1. The maximum atomic E-state index is 12.9. The van der Waals surface area contributed by atoms with Crippen molar-refractivity contribution >= 4 is 69.7 Å². The van der Waals surface area contributed by atoms with Crippen molar-refractivity contribution in [2.75, 3.05) is 23.8 Å². The number of pyridine rings is 1. The topological polar surface area (TPSA) is 207 Å². The third kappa shape index (κ3) is 5.34. The summed E-state index contributed by atoms with van der Waals surface area (Å²) >= 11 is 5.00. The highest BCUT2D eigenvalue weighted by Crippen LogP contribution is 2.45. The molecule has 1 fully saturated rings. The molecule has 2 amide bonds. The first-order valence-corrected chi connectivity index (χ1v) is 14.2. The zero-order valence-corrected chi connectivity index (χ0v) is 21.7. The number of carbonyl (C=O) groups excluding carboxylic acids is 2. The van der Waals surface area contributed by atoms with Gasteiger partial charge in [-0.1, -0.05) is 11.8 Å². The lowest BCUT2D eigenvalue weighted by molar-refractivity contribution is -0.150. The number of aliphatic carboxylic acids is 1. The van der Waals surface area contributed by atoms with Crippen molar-refractivity contribution in [1.29, 1.82) is 0 Å². The van der Waals surface area contributed by atoms with Gasteiger partial charge in [-0.15, -0.1) is 16.7 Å². The van der Waals surface area contributed by atoms with Gasteiger partial charge < -0.3 is 21.9 Å². The Labute approximate surface area is 221 Å². The molecule has 17 heteroatoms. The molecule has 1 unspecified atom stereocenters. The first kappa shape index (κ1) is 26.3. The van der Waals surface area contributed by atoms with E-state index in [0.717, 1.165) is 32.8 Å². The average Bonchev–Trinajstić information content (AvgIpc) is 3.29. The predicted molar refractivity (Wildman–Crippen MR) is 138 cm³/mol. The molecule has 36 heavy (non-hydrogen) atoms. The lowest BCUT2D eigenvalue weighted by Gasteiger charge is -2.49. The molecule has 0 aromatic carbocycles. The molecular formula is C19H20N8O5S4. The van der Waals surface area contributed by atoms with Crippen LogP contribution in [0.4, 0.5) is 5.13 Å². The standard InChI is InChI=1S/C19H20N8O5S4/c20-3-5-33-6-8-9(2-1-4-22-8)35-10-7-34-17-12(16(29)27(17)13(10)18(30)31)23-15(28)11(25-32)14-24-19(21)36-26-14/h1-2,4,11-12,17H,3,5-7,20H2,(H,23,28)(H,30,31)(H2,21,24,26)/t11?,12-,17+/m1/s1. The summed E-state index contributed by atoms with van der Waals surface area (Å²) in [4.78, 5) is 59.6. The Morgan fingerprint density at radius 2 is 2.22 bits per heavy atom. The van der Waals surface area contributed by atoms with Crippen LogP contribution < -0.4 is 16.8 Å². The summed E-state index contributed by atoms with van der Waals surface area (Å²) in [5, 5.41) is 14.6. The van der Waals surface area contributed by atoms with Crippen LogP contribution in [-0.4, -0.2) is 71.6 Å². The fourth-order valence-electron chi connectivity index (χ4n) is 3.48. The summed E-state index contributed by atoms with van der Waals surface area (Å²) in [5.74, 6) is -1.19. The zero-order chi connectivity index (χ0) is 25.8. The fourth-order valence-corrected chi connectivity index (χ4v) is 7.34. The molecule has 0 spiro atoms. The van der Waals surface area contributed by atoms with Crippen molar-refractivity contribution in [3.8, 4) is 0 Å². The number of nitrogen functional groups attached to an aromatic ring is 1. The van der Waals surface area contributed by atoms with Crippen LogP contribution in [0.1, 0.15) is 17.6 Å². The Hall–Kier alpha value is -2.73. The molecule has 3 atom stereocenters. The van der Waals surface area contributed by atoms with E-state index in [9.17, 15) is 24.4 Å². The van der Waals surface area contributed by atoms with Gasteiger partial charge in [0.1, 0.15) is 17.1 Å². The number of rotatable bonds is 11. The molecule has 0 aliphatic carbocycles. The van der Waals surface area contributed by atoms with Crippen molar-refractivity contribution in [2.24, 2.45) is 10.9 Å². The minimum absolute atomic E-state index is 0.0659. The highest BCUT2D eigenvalue weighted by molar-refractivity contribution is 8.06. The maximum Gasteiger partial charge on any atom is 0.353 e. The molecule has 190 valence electrons. The van der Waals surface area contributed by atoms with Gasteiger partial charge in [0.2, 0.25) is 6.04 Å². The summed E-state index contributed by atoms with van der Waals surface area (Å²) in [6, 6.07) is 1.02. The van der Waals surface area contributed by atoms with E-state index in [4.69, 9.17) is 11.5 Å². The molecule has 1 saturated heterocycles. The second-order valence-electron chi connectivity index (χ2n) is 7.36. The Morgan fingerprint density at radius 1 is 1.42 bits per heavy atom. The van der Waals surface area contributed by atoms with Crippen LogP contribution >= 0.6 is 46.8 Å². The van der Waals surface area contributed by atoms with Gasteiger partial charge in [0, 0.05) is 51.3 Å². The Kier molecular flexibility index (Phi) is 8.45. The van der Waals surface area contributed by atoms with E-state index in [1.165, 1.54) is 23.5 Å². The highest BCUT2D eigenvalue weighted by Gasteiger charge is 2.55. The van der Waals surface area contributed by atoms with Gasteiger partial charge in [0.25, 0.3) is 11.8 Å². The van der Waals surface area contributed by atoms with Crippen LogP contribution in [0, 0.1) is 4.91 Å². The summed E-state index contributed by atoms with van der Waals surface area (Å²) in [7, 11) is 0. The average molecular weight is 569 g/mol. The van der Waals surface area contributed by atoms with Crippen LogP contribution in [0.3, 0.4) is 0 Å². The minimum Gasteiger partial charge on any atom is -0.477 e. The number of carbonyl (C=O) groups is 3. The number of fused-ring (bicyclic) bond motifs is 1. The second kappa shape index (κ2) is 11.5. The smallest absolute Gasteiger partial charge is 0.353 e. The summed E-state index contributed by atoms with van der Waals surface area (Å²) in [6.07, 6.45) is 1.67. The molecule has 13 nitrogen and oxygen atoms in total. The summed E-state index contributed by atoms with van der Waals surface area (Å²) < 4.78 is 3.82. The molecule has 2 aliphatic rings. The van der Waals surface area contributed by atoms with E-state index < -0.39 is 35.2 Å². The van der Waals surface area contributed by atoms with Crippen molar-refractivity contribution in [3.63, 3.8) is 0 Å². The SMILES string of the molecule is NCCSCc1ncccc1SC1=C(C(=O)O)N2C(=O)[C@@H](NC(=O)C(N=O)c3nsc(N)n3)[C@@H]2SC1. The van der Waals surface area contributed by atoms with Crippen LogP contribution in [0.5, 0.6) is 0 Å². The number of nitrogens with two attached hydrogens (primary N) is 2. The lowest BCUT2D eigenvalue weighted by atomic mass is 10.0. The van der Waals surface area contributed by atoms with Gasteiger partial charge >= 0.3 is 5.97 Å². The van der Waals surface area contributed by atoms with Gasteiger partial charge in [-0.25, -0.2) is 9.78 Å². The van der Waals surface area contributed by atoms with Crippen LogP contribution in [0.15, 0.2) is 39.0 Å². The molecular weight excluding hydrogens is 549 g/mol. The molecule has 2 aliphatic heterocycles. The quantitative estimate of drug-likeness (QED) is 0.170. The van der Waals surface area contributed by atoms with Crippen molar-refractivity contribution in [1.82, 2.24) is 24.6 Å². The molecule has 0 bridgehead atoms. The van der Waals surface area contributed by atoms with Crippen molar-refractivity contribution in [3.05, 3.63) is 45.4 Å². The van der Waals surface area contributed by atoms with E-state index >= 15 is 0 Å². The van der Waals surface area contributed by atoms with Gasteiger partial charge in [-0.05, 0) is 17.3 Å². The first-order chi connectivity index (χ1) is 17.3. The van der Waals surface area contributed by atoms with Crippen LogP contribution in [0.25, 0.3) is 0 Å². The molecule has 2 aromatic heterocycles. The molecule has 2 aromatic rings. The minimum atomic E-state index is -1.57. The lowest BCUT2D eigenvalue weighted by Crippen LogP contribution is -2.70. The number of carboxylic acids is 1. The molecule has 4 heterocycles. The molecule has 0 saturated carbocycles. The predicted octanol–water partition coefficient (Wildman–Crippen LogP) is 1.00. The fraction of sp³-hybridized carbons (Fsp3) is 0.368. The van der Waals surface area contributed by atoms with Crippen LogP contribution in [-0.2, 0) is 20.1 Å². The number of anilines is 1. The normalized spacial score (nSPS) is 19.9. The number of amides is 2. The number of carboxylic acid groups (broad SMARTS) is 1. The summed E-state index contributed by atoms with van der Waals surface area (Å²) in [6.45, 7) is 0.541. The molecule has 0 radical (unpaired) electrons. The largest absolute Gasteiger partial charge is 0.477 e.